The van der Waals surface area contributed by atoms with Crippen LogP contribution in [-0.2, 0) is 0 Å². The molecule has 0 aromatic carbocycles. The fourth-order valence-electron chi connectivity index (χ4n) is 3.50. The number of aliphatic hydroxyl groups is 2. The van der Waals surface area contributed by atoms with E-state index in [-0.39, 0.29) is 30.4 Å². The van der Waals surface area contributed by atoms with E-state index in [1.807, 2.05) is 6.08 Å². The molecule has 1 aromatic heterocycles. The van der Waals surface area contributed by atoms with Crippen LogP contribution in [0, 0.1) is 11.8 Å². The molecular weight excluding hydrogens is 439 g/mol. The Morgan fingerprint density at radius 1 is 1.40 bits per heavy atom. The zero-order chi connectivity index (χ0) is 22.3. The van der Waals surface area contributed by atoms with Gasteiger partial charge in [-0.2, -0.15) is 8.78 Å². The molecule has 10 heteroatoms. The molecule has 1 heterocycles. The minimum Gasteiger partial charge on any atom is -0.476 e. The van der Waals surface area contributed by atoms with Crippen molar-refractivity contribution in [3.8, 4) is 0 Å². The number of carbonyl (C=O) groups is 1. The number of thioether (sulfide) groups is 1. The van der Waals surface area contributed by atoms with Crippen molar-refractivity contribution in [2.75, 3.05) is 5.75 Å². The molecular formula is C20H26F3NO4S2. The predicted octanol–water partition coefficient (Wildman–Crippen LogP) is 5.27. The molecule has 0 saturated heterocycles. The lowest BCUT2D eigenvalue weighted by Gasteiger charge is -2.22. The van der Waals surface area contributed by atoms with Crippen LogP contribution in [0.15, 0.2) is 33.8 Å². The first-order chi connectivity index (χ1) is 14.1. The lowest BCUT2D eigenvalue weighted by atomic mass is 9.90. The van der Waals surface area contributed by atoms with E-state index in [4.69, 9.17) is 5.11 Å². The maximum atomic E-state index is 12.9. The van der Waals surface area contributed by atoms with E-state index in [9.17, 15) is 28.2 Å². The lowest BCUT2D eigenvalue weighted by molar-refractivity contribution is 0.0521. The molecule has 1 aliphatic carbocycles. The van der Waals surface area contributed by atoms with Crippen molar-refractivity contribution in [2.24, 2.45) is 11.8 Å². The molecule has 168 valence electrons. The van der Waals surface area contributed by atoms with Crippen molar-refractivity contribution < 1.29 is 33.3 Å². The number of thiazole rings is 1. The topological polar surface area (TPSA) is 90.7 Å². The smallest absolute Gasteiger partial charge is 0.355 e. The first kappa shape index (κ1) is 24.9. The normalized spacial score (nSPS) is 23.6. The number of allylic oxidation sites excluding steroid dienone is 2. The molecule has 2 rings (SSSR count). The third-order valence-corrected chi connectivity index (χ3v) is 7.30. The van der Waals surface area contributed by atoms with Gasteiger partial charge in [0.2, 0.25) is 0 Å². The van der Waals surface area contributed by atoms with Crippen LogP contribution >= 0.6 is 23.1 Å². The van der Waals surface area contributed by atoms with E-state index in [1.54, 1.807) is 6.08 Å². The summed E-state index contributed by atoms with van der Waals surface area (Å²) in [5.74, 6) is -1.69. The number of rotatable bonds is 11. The lowest BCUT2D eigenvalue weighted by Crippen LogP contribution is -2.23. The van der Waals surface area contributed by atoms with Gasteiger partial charge < -0.3 is 15.3 Å². The molecule has 0 aliphatic heterocycles. The van der Waals surface area contributed by atoms with Gasteiger partial charge in [-0.3, -0.25) is 0 Å². The van der Waals surface area contributed by atoms with Crippen molar-refractivity contribution in [3.05, 3.63) is 35.1 Å². The molecule has 0 bridgehead atoms. The average molecular weight is 466 g/mol. The van der Waals surface area contributed by atoms with Crippen molar-refractivity contribution in [2.45, 2.75) is 61.5 Å². The summed E-state index contributed by atoms with van der Waals surface area (Å²) in [4.78, 5) is 14.9. The van der Waals surface area contributed by atoms with E-state index >= 15 is 0 Å². The predicted molar refractivity (Wildman–Crippen MR) is 111 cm³/mol. The van der Waals surface area contributed by atoms with Crippen molar-refractivity contribution in [3.63, 3.8) is 0 Å². The summed E-state index contributed by atoms with van der Waals surface area (Å²) in [5.41, 5.74) is -1.26. The molecule has 0 spiro atoms. The second-order valence-electron chi connectivity index (χ2n) is 7.71. The zero-order valence-electron chi connectivity index (χ0n) is 16.6. The Balaban J connectivity index is 1.82. The van der Waals surface area contributed by atoms with Crippen LogP contribution in [0.25, 0.3) is 0 Å². The molecule has 0 radical (unpaired) electrons. The zero-order valence-corrected chi connectivity index (χ0v) is 18.2. The third kappa shape index (κ3) is 7.72. The monoisotopic (exact) mass is 465 g/mol. The number of halogens is 3. The minimum absolute atomic E-state index is 0.0286. The van der Waals surface area contributed by atoms with E-state index in [2.05, 4.69) is 4.98 Å². The van der Waals surface area contributed by atoms with Gasteiger partial charge in [0.25, 0.3) is 0 Å². The number of carboxylic acid groups (broad SMARTS) is 1. The number of hydrogen-bond acceptors (Lipinski definition) is 6. The Bertz CT molecular complexity index is 778. The van der Waals surface area contributed by atoms with Crippen LogP contribution in [0.3, 0.4) is 0 Å². The van der Waals surface area contributed by atoms with Gasteiger partial charge in [-0.1, -0.05) is 23.9 Å². The van der Waals surface area contributed by atoms with Crippen LogP contribution in [0.1, 0.15) is 55.9 Å². The number of nitrogens with zero attached hydrogens (tertiary/aromatic N) is 1. The summed E-state index contributed by atoms with van der Waals surface area (Å²) in [7, 11) is 0. The largest absolute Gasteiger partial charge is 0.476 e. The fraction of sp³-hybridized carbons (Fsp3) is 0.600. The summed E-state index contributed by atoms with van der Waals surface area (Å²) in [5, 5.41) is 31.0. The van der Waals surface area contributed by atoms with Crippen molar-refractivity contribution >= 4 is 29.1 Å². The summed E-state index contributed by atoms with van der Waals surface area (Å²) in [6.07, 6.45) is 2.73. The Morgan fingerprint density at radius 3 is 2.77 bits per heavy atom. The van der Waals surface area contributed by atoms with Crippen LogP contribution in [0.2, 0.25) is 0 Å². The van der Waals surface area contributed by atoms with Gasteiger partial charge in [-0.25, -0.2) is 14.2 Å². The second kappa shape index (κ2) is 11.3. The molecule has 1 aliphatic rings. The van der Waals surface area contributed by atoms with Crippen LogP contribution in [0.5, 0.6) is 0 Å². The van der Waals surface area contributed by atoms with Gasteiger partial charge in [0.05, 0.1) is 11.7 Å². The number of aromatic carboxylic acids is 1. The van der Waals surface area contributed by atoms with Crippen LogP contribution in [-0.4, -0.2) is 43.7 Å². The van der Waals surface area contributed by atoms with E-state index in [0.717, 1.165) is 12.8 Å². The standard InChI is InChI=1S/C20H26F3NO4S2/c1-20(28,9-6-14(21)17(22)23)8-2-3-12-4-5-16(25)13(12)7-10-29-19-24-15(11-30-19)18(26)27/h2-3,11-13,16,25,28H,4-10H2,1H3,(H,26,27)/b3-2+/t12-,13+,16?,20+/m0/s1. The maximum absolute atomic E-state index is 12.9. The SMILES string of the molecule is C[C@@](O)(C/C=C/[C@H]1CCC(O)[C@@H]1CCSc1nc(C(=O)O)cs1)CCC(F)=C(F)F. The van der Waals surface area contributed by atoms with Crippen LogP contribution < -0.4 is 0 Å². The van der Waals surface area contributed by atoms with Gasteiger partial charge >= 0.3 is 12.0 Å². The van der Waals surface area contributed by atoms with E-state index < -0.39 is 36.0 Å². The van der Waals surface area contributed by atoms with Gasteiger partial charge in [-0.05, 0) is 50.9 Å². The fourth-order valence-corrected chi connectivity index (χ4v) is 5.41. The Hall–Kier alpha value is -1.36. The Morgan fingerprint density at radius 2 is 2.13 bits per heavy atom. The van der Waals surface area contributed by atoms with E-state index in [1.165, 1.54) is 35.4 Å². The number of aliphatic hydroxyl groups excluding tert-OH is 1. The molecule has 1 aromatic rings. The van der Waals surface area contributed by atoms with Gasteiger partial charge in [0.1, 0.15) is 0 Å². The number of aromatic nitrogens is 1. The number of carboxylic acids is 1. The van der Waals surface area contributed by atoms with Gasteiger partial charge in [-0.15, -0.1) is 11.3 Å². The first-order valence-electron chi connectivity index (χ1n) is 9.67. The summed E-state index contributed by atoms with van der Waals surface area (Å²) < 4.78 is 37.9. The highest BCUT2D eigenvalue weighted by molar-refractivity contribution is 8.01. The Kier molecular flexibility index (Phi) is 9.39. The minimum atomic E-state index is -2.35. The molecule has 1 fully saturated rings. The highest BCUT2D eigenvalue weighted by atomic mass is 32.2. The van der Waals surface area contributed by atoms with Gasteiger partial charge in [0, 0.05) is 17.6 Å². The maximum Gasteiger partial charge on any atom is 0.355 e. The molecule has 30 heavy (non-hydrogen) atoms. The first-order valence-corrected chi connectivity index (χ1v) is 11.5. The molecule has 4 atom stereocenters. The molecule has 1 unspecified atom stereocenters. The van der Waals surface area contributed by atoms with E-state index in [0.29, 0.717) is 16.5 Å². The molecule has 1 saturated carbocycles. The quantitative estimate of drug-likeness (QED) is 0.305. The molecule has 0 amide bonds. The molecule has 3 N–H and O–H groups in total. The Labute approximate surface area is 181 Å². The average Bonchev–Trinajstić information content (AvgIpc) is 3.28. The highest BCUT2D eigenvalue weighted by Gasteiger charge is 2.33. The van der Waals surface area contributed by atoms with Gasteiger partial charge in [0.15, 0.2) is 15.9 Å². The van der Waals surface area contributed by atoms with Crippen molar-refractivity contribution in [1.29, 1.82) is 0 Å². The second-order valence-corrected chi connectivity index (χ2v) is 9.91. The highest BCUT2D eigenvalue weighted by Crippen LogP contribution is 2.37. The third-order valence-electron chi connectivity index (χ3n) is 5.25. The summed E-state index contributed by atoms with van der Waals surface area (Å²) in [6.45, 7) is 1.48. The van der Waals surface area contributed by atoms with Crippen LogP contribution in [0.4, 0.5) is 13.2 Å². The molecule has 5 nitrogen and oxygen atoms in total. The summed E-state index contributed by atoms with van der Waals surface area (Å²) >= 11 is 2.73. The van der Waals surface area contributed by atoms with Crippen molar-refractivity contribution in [1.82, 2.24) is 4.98 Å². The number of hydrogen-bond donors (Lipinski definition) is 3. The summed E-state index contributed by atoms with van der Waals surface area (Å²) in [6, 6.07) is 0.